The zero-order valence-corrected chi connectivity index (χ0v) is 12.7. The van der Waals surface area contributed by atoms with Crippen LogP contribution in [0.15, 0.2) is 42.5 Å². The lowest BCUT2D eigenvalue weighted by Gasteiger charge is -2.29. The fraction of sp³-hybridized carbons (Fsp3) is 0.368. The van der Waals surface area contributed by atoms with E-state index in [4.69, 9.17) is 4.74 Å². The number of fused-ring (bicyclic) bond motifs is 1. The van der Waals surface area contributed by atoms with Gasteiger partial charge in [-0.25, -0.2) is 0 Å². The number of ether oxygens (including phenoxy) is 1. The van der Waals surface area contributed by atoms with Crippen LogP contribution in [-0.4, -0.2) is 17.8 Å². The van der Waals surface area contributed by atoms with Crippen molar-refractivity contribution in [1.82, 2.24) is 0 Å². The van der Waals surface area contributed by atoms with E-state index in [1.165, 1.54) is 22.3 Å². The molecule has 3 rings (SSSR count). The average Bonchev–Trinajstić information content (AvgIpc) is 2.50. The first-order valence-electron chi connectivity index (χ1n) is 7.58. The van der Waals surface area contributed by atoms with Crippen LogP contribution in [0, 0.1) is 19.8 Å². The van der Waals surface area contributed by atoms with Crippen molar-refractivity contribution in [3.05, 3.63) is 64.7 Å². The van der Waals surface area contributed by atoms with Crippen LogP contribution in [-0.2, 0) is 12.8 Å². The van der Waals surface area contributed by atoms with Crippen LogP contribution in [0.3, 0.4) is 0 Å². The largest absolute Gasteiger partial charge is 0.493 e. The van der Waals surface area contributed by atoms with Gasteiger partial charge in [-0.15, -0.1) is 0 Å². The van der Waals surface area contributed by atoms with Crippen LogP contribution in [0.5, 0.6) is 5.75 Å². The lowest BCUT2D eigenvalue weighted by atomic mass is 9.88. The summed E-state index contributed by atoms with van der Waals surface area (Å²) < 4.78 is 5.78. The Morgan fingerprint density at radius 3 is 2.76 bits per heavy atom. The smallest absolute Gasteiger partial charge is 0.122 e. The van der Waals surface area contributed by atoms with Gasteiger partial charge in [0, 0.05) is 5.92 Å². The highest BCUT2D eigenvalue weighted by atomic mass is 16.5. The minimum Gasteiger partial charge on any atom is -0.493 e. The van der Waals surface area contributed by atoms with Gasteiger partial charge in [-0.05, 0) is 55.0 Å². The molecule has 21 heavy (non-hydrogen) atoms. The number of para-hydroxylation sites is 1. The molecule has 0 amide bonds. The van der Waals surface area contributed by atoms with Gasteiger partial charge in [0.2, 0.25) is 0 Å². The highest BCUT2D eigenvalue weighted by molar-refractivity contribution is 5.35. The molecule has 0 aromatic heterocycles. The first-order valence-corrected chi connectivity index (χ1v) is 7.58. The SMILES string of the molecule is Cc1ccc(CC(O)C2COc3ccccc3C2)cc1C. The molecule has 2 unspecified atom stereocenters. The summed E-state index contributed by atoms with van der Waals surface area (Å²) in [7, 11) is 0. The van der Waals surface area contributed by atoms with Crippen molar-refractivity contribution < 1.29 is 9.84 Å². The molecule has 1 heterocycles. The number of rotatable bonds is 3. The monoisotopic (exact) mass is 282 g/mol. The average molecular weight is 282 g/mol. The van der Waals surface area contributed by atoms with E-state index in [0.29, 0.717) is 13.0 Å². The van der Waals surface area contributed by atoms with Crippen molar-refractivity contribution >= 4 is 0 Å². The Morgan fingerprint density at radius 2 is 1.95 bits per heavy atom. The van der Waals surface area contributed by atoms with E-state index in [1.54, 1.807) is 0 Å². The Morgan fingerprint density at radius 1 is 1.14 bits per heavy atom. The van der Waals surface area contributed by atoms with Crippen LogP contribution in [0.25, 0.3) is 0 Å². The maximum Gasteiger partial charge on any atom is 0.122 e. The Hall–Kier alpha value is -1.80. The van der Waals surface area contributed by atoms with Gasteiger partial charge in [-0.2, -0.15) is 0 Å². The number of hydrogen-bond donors (Lipinski definition) is 1. The number of aliphatic hydroxyl groups excluding tert-OH is 1. The predicted octanol–water partition coefficient (Wildman–Crippen LogP) is 3.46. The van der Waals surface area contributed by atoms with Crippen LogP contribution < -0.4 is 4.74 Å². The third-order valence-electron chi connectivity index (χ3n) is 4.47. The number of benzene rings is 2. The highest BCUT2D eigenvalue weighted by Gasteiger charge is 2.26. The number of hydrogen-bond acceptors (Lipinski definition) is 2. The van der Waals surface area contributed by atoms with Gasteiger partial charge in [-0.3, -0.25) is 0 Å². The second kappa shape index (κ2) is 5.90. The van der Waals surface area contributed by atoms with Crippen molar-refractivity contribution in [2.24, 2.45) is 5.92 Å². The molecule has 110 valence electrons. The third kappa shape index (κ3) is 3.11. The van der Waals surface area contributed by atoms with Gasteiger partial charge < -0.3 is 9.84 Å². The minimum absolute atomic E-state index is 0.168. The molecule has 0 spiro atoms. The van der Waals surface area contributed by atoms with Gasteiger partial charge in [-0.1, -0.05) is 36.4 Å². The molecule has 2 nitrogen and oxygen atoms in total. The van der Waals surface area contributed by atoms with Gasteiger partial charge in [0.05, 0.1) is 12.7 Å². The van der Waals surface area contributed by atoms with E-state index in [9.17, 15) is 5.11 Å². The summed E-state index contributed by atoms with van der Waals surface area (Å²) in [5.74, 6) is 1.13. The normalized spacial score (nSPS) is 18.7. The molecule has 0 saturated carbocycles. The second-order valence-corrected chi connectivity index (χ2v) is 6.07. The first kappa shape index (κ1) is 14.2. The molecule has 1 N–H and O–H groups in total. The molecule has 0 radical (unpaired) electrons. The zero-order chi connectivity index (χ0) is 14.8. The topological polar surface area (TPSA) is 29.5 Å². The van der Waals surface area contributed by atoms with Crippen molar-refractivity contribution in [3.63, 3.8) is 0 Å². The van der Waals surface area contributed by atoms with Crippen molar-refractivity contribution in [1.29, 1.82) is 0 Å². The molecule has 2 heteroatoms. The Bertz CT molecular complexity index is 633. The van der Waals surface area contributed by atoms with E-state index in [0.717, 1.165) is 12.2 Å². The summed E-state index contributed by atoms with van der Waals surface area (Å²) in [6.45, 7) is 4.83. The summed E-state index contributed by atoms with van der Waals surface area (Å²) in [5.41, 5.74) is 4.98. The van der Waals surface area contributed by atoms with Crippen molar-refractivity contribution in [3.8, 4) is 5.75 Å². The third-order valence-corrected chi connectivity index (χ3v) is 4.47. The van der Waals surface area contributed by atoms with Crippen LogP contribution in [0.2, 0.25) is 0 Å². The fourth-order valence-corrected chi connectivity index (χ4v) is 2.94. The second-order valence-electron chi connectivity index (χ2n) is 6.07. The van der Waals surface area contributed by atoms with Crippen molar-refractivity contribution in [2.45, 2.75) is 32.8 Å². The molecular formula is C19H22O2. The van der Waals surface area contributed by atoms with Gasteiger partial charge >= 0.3 is 0 Å². The summed E-state index contributed by atoms with van der Waals surface area (Å²) in [6, 6.07) is 14.5. The summed E-state index contributed by atoms with van der Waals surface area (Å²) in [5, 5.41) is 10.5. The van der Waals surface area contributed by atoms with E-state index < -0.39 is 0 Å². The van der Waals surface area contributed by atoms with Crippen molar-refractivity contribution in [2.75, 3.05) is 6.61 Å². The molecule has 2 aromatic carbocycles. The fourth-order valence-electron chi connectivity index (χ4n) is 2.94. The Labute approximate surface area is 126 Å². The summed E-state index contributed by atoms with van der Waals surface area (Å²) in [4.78, 5) is 0. The zero-order valence-electron chi connectivity index (χ0n) is 12.7. The van der Waals surface area contributed by atoms with Crippen LogP contribution in [0.4, 0.5) is 0 Å². The molecule has 0 bridgehead atoms. The number of aliphatic hydroxyl groups is 1. The van der Waals surface area contributed by atoms with Crippen LogP contribution >= 0.6 is 0 Å². The highest BCUT2D eigenvalue weighted by Crippen LogP contribution is 2.29. The summed E-state index contributed by atoms with van der Waals surface area (Å²) >= 11 is 0. The van der Waals surface area contributed by atoms with E-state index >= 15 is 0 Å². The quantitative estimate of drug-likeness (QED) is 0.934. The molecule has 1 aliphatic heterocycles. The Kier molecular flexibility index (Phi) is 3.98. The van der Waals surface area contributed by atoms with Gasteiger partial charge in [0.15, 0.2) is 0 Å². The van der Waals surface area contributed by atoms with E-state index in [1.807, 2.05) is 18.2 Å². The lowest BCUT2D eigenvalue weighted by Crippen LogP contribution is -2.33. The standard InChI is InChI=1S/C19H22O2/c1-13-7-8-15(9-14(13)2)10-18(20)17-11-16-5-3-4-6-19(16)21-12-17/h3-9,17-18,20H,10-12H2,1-2H3. The number of aryl methyl sites for hydroxylation is 2. The molecule has 0 aliphatic carbocycles. The molecular weight excluding hydrogens is 260 g/mol. The molecule has 1 aliphatic rings. The first-order chi connectivity index (χ1) is 10.1. The summed E-state index contributed by atoms with van der Waals surface area (Å²) in [6.07, 6.45) is 1.22. The van der Waals surface area contributed by atoms with Crippen LogP contribution in [0.1, 0.15) is 22.3 Å². The van der Waals surface area contributed by atoms with Gasteiger partial charge in [0.1, 0.15) is 5.75 Å². The lowest BCUT2D eigenvalue weighted by molar-refractivity contribution is 0.0652. The minimum atomic E-state index is -0.361. The molecule has 2 atom stereocenters. The van der Waals surface area contributed by atoms with Gasteiger partial charge in [0.25, 0.3) is 0 Å². The van der Waals surface area contributed by atoms with E-state index in [-0.39, 0.29) is 12.0 Å². The van der Waals surface area contributed by atoms with E-state index in [2.05, 4.69) is 38.1 Å². The molecule has 0 fully saturated rings. The Balaban J connectivity index is 1.69. The molecule has 0 saturated heterocycles. The maximum absolute atomic E-state index is 10.5. The predicted molar refractivity (Wildman–Crippen MR) is 84.8 cm³/mol. The molecule has 2 aromatic rings. The maximum atomic E-state index is 10.5.